The van der Waals surface area contributed by atoms with E-state index in [4.69, 9.17) is 0 Å². The van der Waals surface area contributed by atoms with Crippen LogP contribution >= 0.6 is 11.8 Å². The smallest absolute Gasteiger partial charge is 0.262 e. The molecule has 1 aromatic carbocycles. The van der Waals surface area contributed by atoms with E-state index in [1.807, 2.05) is 24.3 Å². The first-order chi connectivity index (χ1) is 9.56. The fourth-order valence-electron chi connectivity index (χ4n) is 1.76. The maximum atomic E-state index is 11.9. The van der Waals surface area contributed by atoms with Crippen LogP contribution in [0.2, 0.25) is 0 Å². The quantitative estimate of drug-likeness (QED) is 0.838. The Hall–Kier alpha value is -1.75. The zero-order chi connectivity index (χ0) is 14.5. The molecule has 0 fully saturated rings. The van der Waals surface area contributed by atoms with Gasteiger partial charge in [-0.1, -0.05) is 37.7 Å². The van der Waals surface area contributed by atoms with Crippen LogP contribution in [0, 0.1) is 5.92 Å². The van der Waals surface area contributed by atoms with Crippen LogP contribution in [0.15, 0.2) is 40.1 Å². The average Bonchev–Trinajstić information content (AvgIpc) is 2.39. The molecule has 4 nitrogen and oxygen atoms in total. The van der Waals surface area contributed by atoms with Crippen molar-refractivity contribution in [1.29, 1.82) is 0 Å². The summed E-state index contributed by atoms with van der Waals surface area (Å²) < 4.78 is 0. The minimum atomic E-state index is -0.229. The van der Waals surface area contributed by atoms with Crippen LogP contribution < -0.4 is 10.6 Å². The molecule has 2 rings (SSSR count). The highest BCUT2D eigenvalue weighted by atomic mass is 32.2. The number of para-hydroxylation sites is 1. The van der Waals surface area contributed by atoms with Gasteiger partial charge in [-0.25, -0.2) is 0 Å². The lowest BCUT2D eigenvalue weighted by Gasteiger charge is -2.18. The van der Waals surface area contributed by atoms with Crippen LogP contribution in [0.3, 0.4) is 0 Å². The van der Waals surface area contributed by atoms with Crippen molar-refractivity contribution in [1.82, 2.24) is 5.32 Å². The Morgan fingerprint density at radius 1 is 1.40 bits per heavy atom. The molecule has 0 aromatic heterocycles. The van der Waals surface area contributed by atoms with Crippen LogP contribution in [0.5, 0.6) is 0 Å². The van der Waals surface area contributed by atoms with Gasteiger partial charge in [0.2, 0.25) is 5.91 Å². The lowest BCUT2D eigenvalue weighted by molar-refractivity contribution is -0.117. The van der Waals surface area contributed by atoms with Crippen LogP contribution in [0.1, 0.15) is 20.3 Å². The van der Waals surface area contributed by atoms with E-state index in [2.05, 4.69) is 24.5 Å². The summed E-state index contributed by atoms with van der Waals surface area (Å²) in [6, 6.07) is 7.54. The number of thioether (sulfide) groups is 1. The SMILES string of the molecule is CC(C)CCNC(=O)/C=C1\Sc2ccccc2NC1=O. The first-order valence-corrected chi connectivity index (χ1v) is 7.45. The minimum Gasteiger partial charge on any atom is -0.353 e. The molecule has 106 valence electrons. The number of amides is 2. The van der Waals surface area contributed by atoms with Crippen LogP contribution in [-0.4, -0.2) is 18.4 Å². The number of anilines is 1. The number of carbonyl (C=O) groups is 2. The van der Waals surface area contributed by atoms with Gasteiger partial charge in [0.25, 0.3) is 5.91 Å². The van der Waals surface area contributed by atoms with E-state index in [9.17, 15) is 9.59 Å². The molecular formula is C15H18N2O2S. The summed E-state index contributed by atoms with van der Waals surface area (Å²) in [5.74, 6) is 0.0950. The normalized spacial score (nSPS) is 15.9. The predicted molar refractivity (Wildman–Crippen MR) is 81.5 cm³/mol. The first kappa shape index (κ1) is 14.7. The largest absolute Gasteiger partial charge is 0.353 e. The number of benzene rings is 1. The summed E-state index contributed by atoms with van der Waals surface area (Å²) in [7, 11) is 0. The minimum absolute atomic E-state index is 0.220. The highest BCUT2D eigenvalue weighted by Gasteiger charge is 2.21. The van der Waals surface area contributed by atoms with E-state index in [1.54, 1.807) is 0 Å². The summed E-state index contributed by atoms with van der Waals surface area (Å²) in [6.45, 7) is 4.83. The highest BCUT2D eigenvalue weighted by Crippen LogP contribution is 2.37. The van der Waals surface area contributed by atoms with Gasteiger partial charge in [-0.15, -0.1) is 0 Å². The second-order valence-corrected chi connectivity index (χ2v) is 6.12. The Balaban J connectivity index is 2.00. The molecular weight excluding hydrogens is 272 g/mol. The molecule has 1 aliphatic rings. The van der Waals surface area contributed by atoms with Crippen molar-refractivity contribution < 1.29 is 9.59 Å². The summed E-state index contributed by atoms with van der Waals surface area (Å²) in [5.41, 5.74) is 0.792. The summed E-state index contributed by atoms with van der Waals surface area (Å²) in [5, 5.41) is 5.58. The fourth-order valence-corrected chi connectivity index (χ4v) is 2.68. The summed E-state index contributed by atoms with van der Waals surface area (Å²) in [6.07, 6.45) is 2.30. The maximum absolute atomic E-state index is 11.9. The van der Waals surface area contributed by atoms with Crippen molar-refractivity contribution in [3.05, 3.63) is 35.2 Å². The number of hydrogen-bond donors (Lipinski definition) is 2. The maximum Gasteiger partial charge on any atom is 0.262 e. The second kappa shape index (κ2) is 6.61. The zero-order valence-electron chi connectivity index (χ0n) is 11.6. The van der Waals surface area contributed by atoms with Gasteiger partial charge in [-0.2, -0.15) is 0 Å². The van der Waals surface area contributed by atoms with Crippen molar-refractivity contribution in [2.45, 2.75) is 25.2 Å². The number of hydrogen-bond acceptors (Lipinski definition) is 3. The topological polar surface area (TPSA) is 58.2 Å². The predicted octanol–water partition coefficient (Wildman–Crippen LogP) is 2.78. The van der Waals surface area contributed by atoms with Crippen molar-refractivity contribution in [3.8, 4) is 0 Å². The van der Waals surface area contributed by atoms with Gasteiger partial charge < -0.3 is 10.6 Å². The van der Waals surface area contributed by atoms with E-state index in [0.717, 1.165) is 17.0 Å². The monoisotopic (exact) mass is 290 g/mol. The molecule has 0 saturated carbocycles. The van der Waals surface area contributed by atoms with Gasteiger partial charge in [-0.05, 0) is 24.5 Å². The molecule has 1 aromatic rings. The highest BCUT2D eigenvalue weighted by molar-refractivity contribution is 8.04. The lowest BCUT2D eigenvalue weighted by atomic mass is 10.1. The van der Waals surface area contributed by atoms with E-state index >= 15 is 0 Å². The van der Waals surface area contributed by atoms with Crippen LogP contribution in [0.25, 0.3) is 0 Å². The van der Waals surface area contributed by atoms with Gasteiger partial charge in [0, 0.05) is 17.5 Å². The summed E-state index contributed by atoms with van der Waals surface area (Å²) in [4.78, 5) is 25.0. The molecule has 0 radical (unpaired) electrons. The number of nitrogens with one attached hydrogen (secondary N) is 2. The fraction of sp³-hybridized carbons (Fsp3) is 0.333. The average molecular weight is 290 g/mol. The third-order valence-electron chi connectivity index (χ3n) is 2.86. The molecule has 0 atom stereocenters. The Bertz CT molecular complexity index is 553. The van der Waals surface area contributed by atoms with Crippen LogP contribution in [-0.2, 0) is 9.59 Å². The first-order valence-electron chi connectivity index (χ1n) is 6.64. The van der Waals surface area contributed by atoms with Crippen molar-refractivity contribution in [3.63, 3.8) is 0 Å². The van der Waals surface area contributed by atoms with Gasteiger partial charge in [0.1, 0.15) is 0 Å². The van der Waals surface area contributed by atoms with Crippen molar-refractivity contribution in [2.24, 2.45) is 5.92 Å². The standard InChI is InChI=1S/C15H18N2O2S/c1-10(2)7-8-16-14(18)9-13-15(19)17-11-5-3-4-6-12(11)20-13/h3-6,9-10H,7-8H2,1-2H3,(H,16,18)(H,17,19)/b13-9-. The molecule has 5 heteroatoms. The van der Waals surface area contributed by atoms with E-state index in [0.29, 0.717) is 17.4 Å². The molecule has 2 amide bonds. The lowest BCUT2D eigenvalue weighted by Crippen LogP contribution is -2.25. The molecule has 0 saturated heterocycles. The van der Waals surface area contributed by atoms with Gasteiger partial charge in [-0.3, -0.25) is 9.59 Å². The van der Waals surface area contributed by atoms with E-state index < -0.39 is 0 Å². The number of rotatable bonds is 4. The Kier molecular flexibility index (Phi) is 4.84. The van der Waals surface area contributed by atoms with Gasteiger partial charge >= 0.3 is 0 Å². The van der Waals surface area contributed by atoms with Crippen LogP contribution in [0.4, 0.5) is 5.69 Å². The second-order valence-electron chi connectivity index (χ2n) is 5.03. The molecule has 0 bridgehead atoms. The molecule has 1 aliphatic heterocycles. The zero-order valence-corrected chi connectivity index (χ0v) is 12.4. The molecule has 0 spiro atoms. The number of carbonyl (C=O) groups excluding carboxylic acids is 2. The number of fused-ring (bicyclic) bond motifs is 1. The Labute approximate surface area is 123 Å². The Morgan fingerprint density at radius 3 is 2.90 bits per heavy atom. The molecule has 20 heavy (non-hydrogen) atoms. The molecule has 1 heterocycles. The van der Waals surface area contributed by atoms with Gasteiger partial charge in [0.05, 0.1) is 10.6 Å². The third-order valence-corrected chi connectivity index (χ3v) is 3.96. The van der Waals surface area contributed by atoms with Crippen molar-refractivity contribution in [2.75, 3.05) is 11.9 Å². The van der Waals surface area contributed by atoms with Crippen molar-refractivity contribution >= 4 is 29.3 Å². The van der Waals surface area contributed by atoms with Gasteiger partial charge in [0.15, 0.2) is 0 Å². The third kappa shape index (κ3) is 3.87. The Morgan fingerprint density at radius 2 is 2.15 bits per heavy atom. The molecule has 0 unspecified atom stereocenters. The summed E-state index contributed by atoms with van der Waals surface area (Å²) >= 11 is 1.32. The molecule has 2 N–H and O–H groups in total. The molecule has 0 aliphatic carbocycles. The van der Waals surface area contributed by atoms with E-state index in [-0.39, 0.29) is 11.8 Å². The van der Waals surface area contributed by atoms with E-state index in [1.165, 1.54) is 17.8 Å².